The van der Waals surface area contributed by atoms with Crippen LogP contribution in [0.5, 0.6) is 0 Å². The smallest absolute Gasteiger partial charge is 0.337 e. The normalized spacial score (nSPS) is 21.0. The van der Waals surface area contributed by atoms with Crippen LogP contribution in [0.1, 0.15) is 33.5 Å². The Morgan fingerprint density at radius 3 is 2.81 bits per heavy atom. The van der Waals surface area contributed by atoms with Crippen molar-refractivity contribution < 1.29 is 19.1 Å². The number of hydrogen-bond acceptors (Lipinski definition) is 4. The zero-order chi connectivity index (χ0) is 18.3. The third-order valence-corrected chi connectivity index (χ3v) is 5.11. The summed E-state index contributed by atoms with van der Waals surface area (Å²) in [4.78, 5) is 38.6. The number of carbonyl (C=O) groups is 3. The molecule has 2 aromatic carbocycles. The minimum Gasteiger partial charge on any atom is -0.465 e. The van der Waals surface area contributed by atoms with Crippen LogP contribution in [0.4, 0.5) is 4.79 Å². The lowest BCUT2D eigenvalue weighted by Crippen LogP contribution is -2.41. The number of carbonyl (C=O) groups excluding carboxylic acids is 3. The van der Waals surface area contributed by atoms with Gasteiger partial charge in [0.15, 0.2) is 0 Å². The Morgan fingerprint density at radius 2 is 2.00 bits per heavy atom. The summed E-state index contributed by atoms with van der Waals surface area (Å²) in [7, 11) is 1.31. The van der Waals surface area contributed by atoms with Crippen LogP contribution < -0.4 is 5.32 Å². The Bertz CT molecular complexity index is 924. The van der Waals surface area contributed by atoms with E-state index in [4.69, 9.17) is 4.74 Å². The number of ether oxygens (including phenoxy) is 1. The second-order valence-corrected chi connectivity index (χ2v) is 6.58. The van der Waals surface area contributed by atoms with Gasteiger partial charge in [-0.3, -0.25) is 9.69 Å². The highest BCUT2D eigenvalue weighted by Crippen LogP contribution is 2.41. The standard InChI is InChI=1S/C20H18N2O4/c1-26-17(23)15-7-4-5-13(11-15)12-22-18(24)20(21-19(22)25)10-9-14-6-2-3-8-16(14)20/h2-8,11H,9-10,12H2,1H3,(H,21,25)/t20-/m1/s1. The lowest BCUT2D eigenvalue weighted by molar-refractivity contribution is -0.132. The first-order chi connectivity index (χ1) is 12.5. The predicted octanol–water partition coefficient (Wildman–Crippen LogP) is 2.37. The van der Waals surface area contributed by atoms with Crippen LogP contribution in [0, 0.1) is 0 Å². The van der Waals surface area contributed by atoms with Crippen LogP contribution in [0.3, 0.4) is 0 Å². The summed E-state index contributed by atoms with van der Waals surface area (Å²) in [6, 6.07) is 14.1. The molecule has 4 rings (SSSR count). The second kappa shape index (κ2) is 5.98. The van der Waals surface area contributed by atoms with E-state index in [2.05, 4.69) is 5.32 Å². The van der Waals surface area contributed by atoms with Crippen LogP contribution in [0.25, 0.3) is 0 Å². The maximum absolute atomic E-state index is 13.1. The summed E-state index contributed by atoms with van der Waals surface area (Å²) in [6.45, 7) is 0.111. The van der Waals surface area contributed by atoms with Crippen LogP contribution in [-0.2, 0) is 28.0 Å². The number of urea groups is 1. The van der Waals surface area contributed by atoms with E-state index < -0.39 is 17.5 Å². The summed E-state index contributed by atoms with van der Waals surface area (Å²) >= 11 is 0. The van der Waals surface area contributed by atoms with Crippen molar-refractivity contribution >= 4 is 17.9 Å². The molecule has 1 heterocycles. The number of nitrogens with one attached hydrogen (secondary N) is 1. The van der Waals surface area contributed by atoms with E-state index in [1.54, 1.807) is 24.3 Å². The SMILES string of the molecule is COC(=O)c1cccc(CN2C(=O)N[C@@]3(CCc4ccccc43)C2=O)c1. The molecule has 0 unspecified atom stereocenters. The number of esters is 1. The Labute approximate surface area is 150 Å². The highest BCUT2D eigenvalue weighted by molar-refractivity contribution is 6.08. The van der Waals surface area contributed by atoms with Crippen molar-refractivity contribution in [2.75, 3.05) is 7.11 Å². The number of benzene rings is 2. The largest absolute Gasteiger partial charge is 0.465 e. The zero-order valence-electron chi connectivity index (χ0n) is 14.3. The van der Waals surface area contributed by atoms with Gasteiger partial charge in [0.05, 0.1) is 19.2 Å². The first-order valence-electron chi connectivity index (χ1n) is 8.45. The lowest BCUT2D eigenvalue weighted by atomic mass is 9.92. The number of nitrogens with zero attached hydrogens (tertiary/aromatic N) is 1. The van der Waals surface area contributed by atoms with Gasteiger partial charge in [-0.2, -0.15) is 0 Å². The number of aryl methyl sites for hydroxylation is 1. The quantitative estimate of drug-likeness (QED) is 0.681. The van der Waals surface area contributed by atoms with Gasteiger partial charge in [-0.25, -0.2) is 9.59 Å². The summed E-state index contributed by atoms with van der Waals surface area (Å²) in [5.41, 5.74) is 2.09. The van der Waals surface area contributed by atoms with Gasteiger partial charge in [-0.1, -0.05) is 36.4 Å². The van der Waals surface area contributed by atoms with E-state index in [1.165, 1.54) is 12.0 Å². The van der Waals surface area contributed by atoms with Crippen molar-refractivity contribution in [2.45, 2.75) is 24.9 Å². The number of amides is 3. The second-order valence-electron chi connectivity index (χ2n) is 6.58. The maximum Gasteiger partial charge on any atom is 0.337 e. The molecule has 26 heavy (non-hydrogen) atoms. The van der Waals surface area contributed by atoms with E-state index in [9.17, 15) is 14.4 Å². The average Bonchev–Trinajstić information content (AvgIpc) is 3.15. The van der Waals surface area contributed by atoms with Gasteiger partial charge >= 0.3 is 12.0 Å². The van der Waals surface area contributed by atoms with Crippen LogP contribution in [0.2, 0.25) is 0 Å². The maximum atomic E-state index is 13.1. The van der Waals surface area contributed by atoms with Gasteiger partial charge in [0.1, 0.15) is 5.54 Å². The molecule has 3 amide bonds. The summed E-state index contributed by atoms with van der Waals surface area (Å²) < 4.78 is 4.72. The minimum absolute atomic E-state index is 0.111. The molecule has 6 heteroatoms. The van der Waals surface area contributed by atoms with Gasteiger partial charge in [0, 0.05) is 0 Å². The summed E-state index contributed by atoms with van der Waals surface area (Å²) in [5.74, 6) is -0.693. The van der Waals surface area contributed by atoms with Crippen LogP contribution >= 0.6 is 0 Å². The van der Waals surface area contributed by atoms with Crippen molar-refractivity contribution in [1.29, 1.82) is 0 Å². The Hall–Kier alpha value is -3.15. The molecule has 1 saturated heterocycles. The van der Waals surface area contributed by atoms with Crippen LogP contribution in [0.15, 0.2) is 48.5 Å². The predicted molar refractivity (Wildman–Crippen MR) is 93.3 cm³/mol. The lowest BCUT2D eigenvalue weighted by Gasteiger charge is -2.22. The minimum atomic E-state index is -0.965. The summed E-state index contributed by atoms with van der Waals surface area (Å²) in [5, 5.41) is 2.90. The van der Waals surface area contributed by atoms with Gasteiger partial charge < -0.3 is 10.1 Å². The first kappa shape index (κ1) is 16.3. The number of rotatable bonds is 3. The third-order valence-electron chi connectivity index (χ3n) is 5.11. The molecule has 1 aliphatic heterocycles. The van der Waals surface area contributed by atoms with Gasteiger partial charge in [0.2, 0.25) is 0 Å². The molecule has 6 nitrogen and oxygen atoms in total. The number of fused-ring (bicyclic) bond motifs is 2. The van der Waals surface area contributed by atoms with Crippen molar-refractivity contribution in [2.24, 2.45) is 0 Å². The molecular weight excluding hydrogens is 332 g/mol. The van der Waals surface area contributed by atoms with Crippen molar-refractivity contribution in [3.8, 4) is 0 Å². The van der Waals surface area contributed by atoms with Crippen LogP contribution in [-0.4, -0.2) is 29.9 Å². The Morgan fingerprint density at radius 1 is 1.19 bits per heavy atom. The van der Waals surface area contributed by atoms with Gasteiger partial charge in [-0.15, -0.1) is 0 Å². The Kier molecular flexibility index (Phi) is 3.76. The van der Waals surface area contributed by atoms with E-state index >= 15 is 0 Å². The zero-order valence-corrected chi connectivity index (χ0v) is 14.3. The molecule has 132 valence electrons. The molecule has 2 aliphatic rings. The van der Waals surface area contributed by atoms with E-state index in [0.717, 1.165) is 17.5 Å². The van der Waals surface area contributed by atoms with Crippen molar-refractivity contribution in [3.05, 3.63) is 70.8 Å². The van der Waals surface area contributed by atoms with Crippen molar-refractivity contribution in [3.63, 3.8) is 0 Å². The summed E-state index contributed by atoms with van der Waals surface area (Å²) in [6.07, 6.45) is 1.32. The highest BCUT2D eigenvalue weighted by atomic mass is 16.5. The third kappa shape index (κ3) is 2.37. The Balaban J connectivity index is 1.63. The molecule has 0 bridgehead atoms. The first-order valence-corrected chi connectivity index (χ1v) is 8.45. The fraction of sp³-hybridized carbons (Fsp3) is 0.250. The number of imide groups is 1. The molecule has 0 radical (unpaired) electrons. The molecule has 1 spiro atoms. The fourth-order valence-electron chi connectivity index (χ4n) is 3.83. The molecule has 0 saturated carbocycles. The van der Waals surface area contributed by atoms with Gasteiger partial charge in [-0.05, 0) is 41.7 Å². The molecular formula is C20H18N2O4. The fourth-order valence-corrected chi connectivity index (χ4v) is 3.83. The van der Waals surface area contributed by atoms with E-state index in [1.807, 2.05) is 24.3 Å². The monoisotopic (exact) mass is 350 g/mol. The average molecular weight is 350 g/mol. The van der Waals surface area contributed by atoms with Gasteiger partial charge in [0.25, 0.3) is 5.91 Å². The van der Waals surface area contributed by atoms with E-state index in [-0.39, 0.29) is 12.5 Å². The molecule has 1 aliphatic carbocycles. The molecule has 1 fully saturated rings. The highest BCUT2D eigenvalue weighted by Gasteiger charge is 2.55. The number of hydrogen-bond donors (Lipinski definition) is 1. The molecule has 1 N–H and O–H groups in total. The molecule has 2 aromatic rings. The van der Waals surface area contributed by atoms with E-state index in [0.29, 0.717) is 17.5 Å². The topological polar surface area (TPSA) is 75.7 Å². The van der Waals surface area contributed by atoms with Crippen molar-refractivity contribution in [1.82, 2.24) is 10.2 Å². The molecule has 1 atom stereocenters. The number of methoxy groups -OCH3 is 1. The molecule has 0 aromatic heterocycles.